The Labute approximate surface area is 279 Å². The molecule has 1 aliphatic heterocycles. The van der Waals surface area contributed by atoms with Gasteiger partial charge in [0.15, 0.2) is 0 Å². The lowest BCUT2D eigenvalue weighted by Crippen LogP contribution is -2.47. The van der Waals surface area contributed by atoms with Crippen LogP contribution < -0.4 is 20.1 Å². The van der Waals surface area contributed by atoms with E-state index in [-0.39, 0.29) is 30.6 Å². The van der Waals surface area contributed by atoms with Crippen LogP contribution in [-0.2, 0) is 11.3 Å². The summed E-state index contributed by atoms with van der Waals surface area (Å²) < 4.78 is 18.0. The van der Waals surface area contributed by atoms with Crippen molar-refractivity contribution in [3.63, 3.8) is 0 Å². The van der Waals surface area contributed by atoms with Gasteiger partial charge >= 0.3 is 6.03 Å². The highest BCUT2D eigenvalue weighted by atomic mass is 16.5. The zero-order valence-electron chi connectivity index (χ0n) is 28.3. The van der Waals surface area contributed by atoms with Crippen LogP contribution in [0.4, 0.5) is 16.2 Å². The molecule has 3 N–H and O–H groups in total. The summed E-state index contributed by atoms with van der Waals surface area (Å²) in [6.45, 7) is 8.19. The van der Waals surface area contributed by atoms with Crippen molar-refractivity contribution < 1.29 is 28.9 Å². The van der Waals surface area contributed by atoms with Gasteiger partial charge in [-0.05, 0) is 88.2 Å². The SMILES string of the molecule is COc1ccc(NC(=O)Nc2ccc3c(c2)C(=O)N([C@@H](C)CO)C[C@H](C)[C@H](CN(C)Cc2ccccc2)OCCCC[C@H](C)O3)cc1. The number of amides is 3. The number of anilines is 2. The van der Waals surface area contributed by atoms with Crippen LogP contribution in [0.3, 0.4) is 0 Å². The highest BCUT2D eigenvalue weighted by Crippen LogP contribution is 2.29. The molecule has 254 valence electrons. The predicted molar refractivity (Wildman–Crippen MR) is 185 cm³/mol. The molecule has 1 heterocycles. The summed E-state index contributed by atoms with van der Waals surface area (Å²) >= 11 is 0. The monoisotopic (exact) mass is 646 g/mol. The van der Waals surface area contributed by atoms with E-state index in [1.165, 1.54) is 5.56 Å². The number of aliphatic hydroxyl groups excluding tert-OH is 1. The van der Waals surface area contributed by atoms with Crippen molar-refractivity contribution in [3.05, 3.63) is 83.9 Å². The van der Waals surface area contributed by atoms with Crippen molar-refractivity contribution in [3.8, 4) is 11.5 Å². The van der Waals surface area contributed by atoms with Gasteiger partial charge in [-0.2, -0.15) is 0 Å². The number of fused-ring (bicyclic) bond motifs is 1. The van der Waals surface area contributed by atoms with Gasteiger partial charge in [0.1, 0.15) is 11.5 Å². The van der Waals surface area contributed by atoms with Crippen molar-refractivity contribution in [1.29, 1.82) is 0 Å². The first kappa shape index (κ1) is 35.7. The molecular formula is C37H50N4O6. The fourth-order valence-electron chi connectivity index (χ4n) is 5.70. The molecule has 0 bridgehead atoms. The van der Waals surface area contributed by atoms with Crippen LogP contribution in [-0.4, -0.2) is 85.6 Å². The number of rotatable bonds is 9. The molecule has 4 atom stereocenters. The third-order valence-corrected chi connectivity index (χ3v) is 8.44. The van der Waals surface area contributed by atoms with Gasteiger partial charge in [-0.15, -0.1) is 0 Å². The van der Waals surface area contributed by atoms with E-state index in [0.717, 1.165) is 25.8 Å². The van der Waals surface area contributed by atoms with E-state index in [1.54, 1.807) is 54.5 Å². The van der Waals surface area contributed by atoms with Gasteiger partial charge in [-0.1, -0.05) is 37.3 Å². The van der Waals surface area contributed by atoms with E-state index in [4.69, 9.17) is 14.2 Å². The Bertz CT molecular complexity index is 1420. The van der Waals surface area contributed by atoms with Gasteiger partial charge in [0.05, 0.1) is 37.5 Å². The number of nitrogens with zero attached hydrogens (tertiary/aromatic N) is 2. The molecule has 0 aliphatic carbocycles. The summed E-state index contributed by atoms with van der Waals surface area (Å²) in [6, 6.07) is 21.5. The van der Waals surface area contributed by atoms with E-state index in [9.17, 15) is 14.7 Å². The number of methoxy groups -OCH3 is 1. The van der Waals surface area contributed by atoms with Crippen molar-refractivity contribution in [2.75, 3.05) is 51.1 Å². The average molecular weight is 647 g/mol. The smallest absolute Gasteiger partial charge is 0.323 e. The lowest BCUT2D eigenvalue weighted by atomic mass is 10.0. The molecule has 4 rings (SSSR count). The molecule has 0 fully saturated rings. The number of benzene rings is 3. The number of hydrogen-bond acceptors (Lipinski definition) is 7. The maximum Gasteiger partial charge on any atom is 0.323 e. The summed E-state index contributed by atoms with van der Waals surface area (Å²) in [5.74, 6) is 0.809. The highest BCUT2D eigenvalue weighted by Gasteiger charge is 2.30. The maximum absolute atomic E-state index is 14.4. The van der Waals surface area contributed by atoms with Gasteiger partial charge in [0.25, 0.3) is 5.91 Å². The quantitative estimate of drug-likeness (QED) is 0.251. The molecule has 10 nitrogen and oxygen atoms in total. The van der Waals surface area contributed by atoms with Gasteiger partial charge < -0.3 is 34.9 Å². The molecule has 0 saturated heterocycles. The molecule has 0 spiro atoms. The minimum Gasteiger partial charge on any atom is -0.497 e. The van der Waals surface area contributed by atoms with E-state index < -0.39 is 12.1 Å². The number of nitrogens with one attached hydrogen (secondary N) is 2. The number of hydrogen-bond donors (Lipinski definition) is 3. The van der Waals surface area contributed by atoms with Crippen LogP contribution in [0, 0.1) is 5.92 Å². The second-order valence-electron chi connectivity index (χ2n) is 12.5. The van der Waals surface area contributed by atoms with Crippen molar-refractivity contribution >= 4 is 23.3 Å². The highest BCUT2D eigenvalue weighted by molar-refractivity contribution is 6.02. The first-order valence-corrected chi connectivity index (χ1v) is 16.5. The van der Waals surface area contributed by atoms with E-state index in [2.05, 4.69) is 41.6 Å². The molecule has 3 amide bonds. The number of carbonyl (C=O) groups excluding carboxylic acids is 2. The fraction of sp³-hybridized carbons (Fsp3) is 0.459. The summed E-state index contributed by atoms with van der Waals surface area (Å²) in [5.41, 5.74) is 2.58. The first-order chi connectivity index (χ1) is 22.7. The minimum atomic E-state index is -0.458. The van der Waals surface area contributed by atoms with E-state index >= 15 is 0 Å². The maximum atomic E-state index is 14.4. The van der Waals surface area contributed by atoms with Gasteiger partial charge in [0.2, 0.25) is 0 Å². The van der Waals surface area contributed by atoms with Crippen molar-refractivity contribution in [2.24, 2.45) is 5.92 Å². The summed E-state index contributed by atoms with van der Waals surface area (Å²) in [6.07, 6.45) is 2.34. The first-order valence-electron chi connectivity index (χ1n) is 16.5. The molecule has 0 unspecified atom stereocenters. The molecular weight excluding hydrogens is 596 g/mol. The Kier molecular flexibility index (Phi) is 13.5. The second-order valence-corrected chi connectivity index (χ2v) is 12.5. The lowest BCUT2D eigenvalue weighted by molar-refractivity contribution is -0.0177. The average Bonchev–Trinajstić information content (AvgIpc) is 3.06. The summed E-state index contributed by atoms with van der Waals surface area (Å²) in [7, 11) is 3.67. The van der Waals surface area contributed by atoms with Crippen LogP contribution in [0.2, 0.25) is 0 Å². The predicted octanol–water partition coefficient (Wildman–Crippen LogP) is 6.27. The third-order valence-electron chi connectivity index (χ3n) is 8.44. The normalized spacial score (nSPS) is 20.0. The molecule has 3 aromatic carbocycles. The molecule has 3 aromatic rings. The fourth-order valence-corrected chi connectivity index (χ4v) is 5.70. The topological polar surface area (TPSA) is 113 Å². The Morgan fingerprint density at radius 1 is 1.04 bits per heavy atom. The largest absolute Gasteiger partial charge is 0.497 e. The van der Waals surface area contributed by atoms with Crippen LogP contribution >= 0.6 is 0 Å². The third kappa shape index (κ3) is 10.7. The van der Waals surface area contributed by atoms with Crippen LogP contribution in [0.1, 0.15) is 56.0 Å². The van der Waals surface area contributed by atoms with E-state index in [1.807, 2.05) is 32.0 Å². The van der Waals surface area contributed by atoms with Crippen LogP contribution in [0.25, 0.3) is 0 Å². The summed E-state index contributed by atoms with van der Waals surface area (Å²) in [4.78, 5) is 31.2. The molecule has 10 heteroatoms. The van der Waals surface area contributed by atoms with Crippen molar-refractivity contribution in [2.45, 2.75) is 64.8 Å². The lowest BCUT2D eigenvalue weighted by Gasteiger charge is -2.36. The zero-order chi connectivity index (χ0) is 33.8. The van der Waals surface area contributed by atoms with E-state index in [0.29, 0.717) is 48.1 Å². The number of ether oxygens (including phenoxy) is 3. The molecule has 0 saturated carbocycles. The number of likely N-dealkylation sites (N-methyl/N-ethyl adjacent to an activating group) is 1. The number of carbonyl (C=O) groups is 2. The van der Waals surface area contributed by atoms with Gasteiger partial charge in [0, 0.05) is 43.5 Å². The van der Waals surface area contributed by atoms with Crippen LogP contribution in [0.5, 0.6) is 11.5 Å². The van der Waals surface area contributed by atoms with Crippen molar-refractivity contribution in [1.82, 2.24) is 9.80 Å². The Hall–Kier alpha value is -4.12. The number of urea groups is 1. The zero-order valence-corrected chi connectivity index (χ0v) is 28.3. The Balaban J connectivity index is 1.57. The minimum absolute atomic E-state index is 0.0333. The van der Waals surface area contributed by atoms with Gasteiger partial charge in [-0.3, -0.25) is 9.69 Å². The summed E-state index contributed by atoms with van der Waals surface area (Å²) in [5, 5.41) is 15.9. The second kappa shape index (κ2) is 17.7. The molecule has 1 aliphatic rings. The molecule has 47 heavy (non-hydrogen) atoms. The van der Waals surface area contributed by atoms with Crippen LogP contribution in [0.15, 0.2) is 72.8 Å². The Morgan fingerprint density at radius 2 is 1.74 bits per heavy atom. The van der Waals surface area contributed by atoms with Gasteiger partial charge in [-0.25, -0.2) is 4.79 Å². The standard InChI is InChI=1S/C37H50N4O6/c1-26-22-41(27(2)25-42)36(43)33-21-31(39-37(44)38-30-14-17-32(45-5)18-15-30)16-19-34(33)47-28(3)11-9-10-20-46-35(26)24-40(4)23-29-12-7-6-8-13-29/h6-8,12-19,21,26-28,35,42H,9-11,20,22-25H2,1-5H3,(H2,38,39,44)/t26-,27-,28-,35-/m0/s1. The number of aliphatic hydroxyl groups is 1. The molecule has 0 aromatic heterocycles. The Morgan fingerprint density at radius 3 is 2.45 bits per heavy atom. The molecule has 0 radical (unpaired) electrons.